The summed E-state index contributed by atoms with van der Waals surface area (Å²) < 4.78 is 0. The van der Waals surface area contributed by atoms with Crippen LogP contribution in [0.15, 0.2) is 54.1 Å². The fourth-order valence-electron chi connectivity index (χ4n) is 1.52. The zero-order valence-electron chi connectivity index (χ0n) is 9.58. The Bertz CT molecular complexity index is 483. The van der Waals surface area contributed by atoms with E-state index in [1.165, 1.54) is 0 Å². The van der Waals surface area contributed by atoms with Crippen LogP contribution in [0.2, 0.25) is 0 Å². The van der Waals surface area contributed by atoms with E-state index in [2.05, 4.69) is 15.1 Å². The van der Waals surface area contributed by atoms with Crippen molar-refractivity contribution >= 4 is 5.71 Å². The molecule has 2 aromatic rings. The Kier molecular flexibility index (Phi) is 3.81. The Morgan fingerprint density at radius 1 is 1.24 bits per heavy atom. The molecule has 2 rings (SSSR count). The van der Waals surface area contributed by atoms with E-state index in [4.69, 9.17) is 4.84 Å². The lowest BCUT2D eigenvalue weighted by atomic mass is 10.1. The van der Waals surface area contributed by atoms with E-state index in [9.17, 15) is 0 Å². The van der Waals surface area contributed by atoms with Crippen molar-refractivity contribution in [3.8, 4) is 0 Å². The maximum absolute atomic E-state index is 4.87. The number of hydrogen-bond acceptors (Lipinski definition) is 4. The highest BCUT2D eigenvalue weighted by Gasteiger charge is 2.06. The van der Waals surface area contributed by atoms with E-state index in [-0.39, 0.29) is 0 Å². The van der Waals surface area contributed by atoms with Gasteiger partial charge in [0.25, 0.3) is 0 Å². The second-order valence-electron chi connectivity index (χ2n) is 3.46. The van der Waals surface area contributed by atoms with Crippen molar-refractivity contribution in [2.75, 3.05) is 7.11 Å². The molecule has 0 saturated carbocycles. The van der Waals surface area contributed by atoms with Gasteiger partial charge < -0.3 is 4.84 Å². The molecule has 0 radical (unpaired) electrons. The molecule has 0 saturated heterocycles. The summed E-state index contributed by atoms with van der Waals surface area (Å²) in [7, 11) is 1.54. The first-order valence-electron chi connectivity index (χ1n) is 5.30. The summed E-state index contributed by atoms with van der Waals surface area (Å²) in [6.07, 6.45) is 5.66. The Labute approximate surface area is 100.0 Å². The molecule has 0 aliphatic rings. The molecule has 0 fully saturated rings. The third-order valence-corrected chi connectivity index (χ3v) is 2.27. The van der Waals surface area contributed by atoms with Gasteiger partial charge in [-0.3, -0.25) is 9.97 Å². The Balaban J connectivity index is 2.23. The normalized spacial score (nSPS) is 11.2. The summed E-state index contributed by atoms with van der Waals surface area (Å²) in [5.74, 6) is 0. The van der Waals surface area contributed by atoms with Gasteiger partial charge in [0.05, 0.1) is 11.4 Å². The summed E-state index contributed by atoms with van der Waals surface area (Å²) in [6, 6.07) is 9.90. The predicted octanol–water partition coefficient (Wildman–Crippen LogP) is 2.07. The summed E-state index contributed by atoms with van der Waals surface area (Å²) in [4.78, 5) is 13.1. The van der Waals surface area contributed by atoms with Crippen LogP contribution in [-0.2, 0) is 11.3 Å². The maximum atomic E-state index is 4.87. The number of rotatable bonds is 4. The number of nitrogens with zero attached hydrogens (tertiary/aromatic N) is 3. The first-order chi connectivity index (χ1) is 8.40. The first kappa shape index (κ1) is 11.3. The Hall–Kier alpha value is -2.23. The van der Waals surface area contributed by atoms with Crippen LogP contribution in [0.3, 0.4) is 0 Å². The summed E-state index contributed by atoms with van der Waals surface area (Å²) in [6.45, 7) is 0. The molecule has 0 N–H and O–H groups in total. The third-order valence-electron chi connectivity index (χ3n) is 2.27. The van der Waals surface area contributed by atoms with Crippen LogP contribution in [0.1, 0.15) is 11.3 Å². The smallest absolute Gasteiger partial charge is 0.106 e. The average molecular weight is 227 g/mol. The second-order valence-corrected chi connectivity index (χ2v) is 3.46. The topological polar surface area (TPSA) is 47.4 Å². The maximum Gasteiger partial charge on any atom is 0.106 e. The molecule has 1 aromatic carbocycles. The quantitative estimate of drug-likeness (QED) is 0.593. The van der Waals surface area contributed by atoms with Gasteiger partial charge in [0.2, 0.25) is 0 Å². The van der Waals surface area contributed by atoms with E-state index in [0.717, 1.165) is 17.0 Å². The first-order valence-corrected chi connectivity index (χ1v) is 5.30. The molecular weight excluding hydrogens is 214 g/mol. The SMILES string of the molecule is CON=C(Cc1cnccn1)c1ccccc1. The van der Waals surface area contributed by atoms with E-state index in [0.29, 0.717) is 6.42 Å². The second kappa shape index (κ2) is 5.75. The van der Waals surface area contributed by atoms with E-state index < -0.39 is 0 Å². The number of benzene rings is 1. The molecule has 0 unspecified atom stereocenters. The average Bonchev–Trinajstić information content (AvgIpc) is 2.40. The van der Waals surface area contributed by atoms with Crippen LogP contribution in [0.5, 0.6) is 0 Å². The van der Waals surface area contributed by atoms with Crippen molar-refractivity contribution in [1.82, 2.24) is 9.97 Å². The molecule has 1 heterocycles. The van der Waals surface area contributed by atoms with Crippen LogP contribution in [-0.4, -0.2) is 22.8 Å². The number of aromatic nitrogens is 2. The summed E-state index contributed by atoms with van der Waals surface area (Å²) >= 11 is 0. The minimum atomic E-state index is 0.603. The minimum absolute atomic E-state index is 0.603. The highest BCUT2D eigenvalue weighted by molar-refractivity contribution is 6.01. The molecule has 17 heavy (non-hydrogen) atoms. The minimum Gasteiger partial charge on any atom is -0.399 e. The summed E-state index contributed by atoms with van der Waals surface area (Å²) in [5, 5.41) is 4.04. The van der Waals surface area contributed by atoms with E-state index in [1.54, 1.807) is 25.7 Å². The van der Waals surface area contributed by atoms with Crippen molar-refractivity contribution in [2.45, 2.75) is 6.42 Å². The van der Waals surface area contributed by atoms with Crippen LogP contribution in [0.4, 0.5) is 0 Å². The number of hydrogen-bond donors (Lipinski definition) is 0. The zero-order valence-corrected chi connectivity index (χ0v) is 9.58. The van der Waals surface area contributed by atoms with Gasteiger partial charge in [0, 0.05) is 25.0 Å². The highest BCUT2D eigenvalue weighted by Crippen LogP contribution is 2.06. The fraction of sp³-hybridized carbons (Fsp3) is 0.154. The highest BCUT2D eigenvalue weighted by atomic mass is 16.6. The predicted molar refractivity (Wildman–Crippen MR) is 65.7 cm³/mol. The molecule has 4 nitrogen and oxygen atoms in total. The monoisotopic (exact) mass is 227 g/mol. The molecule has 86 valence electrons. The Morgan fingerprint density at radius 2 is 2.06 bits per heavy atom. The fourth-order valence-corrected chi connectivity index (χ4v) is 1.52. The molecule has 4 heteroatoms. The molecule has 0 atom stereocenters. The molecule has 1 aromatic heterocycles. The van der Waals surface area contributed by atoms with Gasteiger partial charge in [-0.1, -0.05) is 35.5 Å². The van der Waals surface area contributed by atoms with E-state index in [1.807, 2.05) is 30.3 Å². The van der Waals surface area contributed by atoms with Crippen molar-refractivity contribution < 1.29 is 4.84 Å². The zero-order chi connectivity index (χ0) is 11.9. The molecule has 0 aliphatic carbocycles. The lowest BCUT2D eigenvalue weighted by Gasteiger charge is -2.04. The van der Waals surface area contributed by atoms with Crippen molar-refractivity contribution in [3.63, 3.8) is 0 Å². The Morgan fingerprint density at radius 3 is 2.71 bits per heavy atom. The standard InChI is InChI=1S/C13H13N3O/c1-17-16-13(11-5-3-2-4-6-11)9-12-10-14-7-8-15-12/h2-8,10H,9H2,1H3. The van der Waals surface area contributed by atoms with Gasteiger partial charge in [0.1, 0.15) is 7.11 Å². The van der Waals surface area contributed by atoms with E-state index >= 15 is 0 Å². The number of oxime groups is 1. The van der Waals surface area contributed by atoms with Crippen molar-refractivity contribution in [3.05, 3.63) is 60.2 Å². The summed E-state index contributed by atoms with van der Waals surface area (Å²) in [5.41, 5.74) is 2.74. The van der Waals surface area contributed by atoms with Gasteiger partial charge in [0.15, 0.2) is 0 Å². The molecule has 0 spiro atoms. The molecular formula is C13H13N3O. The van der Waals surface area contributed by atoms with Crippen LogP contribution < -0.4 is 0 Å². The van der Waals surface area contributed by atoms with Gasteiger partial charge >= 0.3 is 0 Å². The molecule has 0 bridgehead atoms. The van der Waals surface area contributed by atoms with Gasteiger partial charge in [-0.25, -0.2) is 0 Å². The lowest BCUT2D eigenvalue weighted by Crippen LogP contribution is -2.07. The van der Waals surface area contributed by atoms with Crippen LogP contribution in [0, 0.1) is 0 Å². The third kappa shape index (κ3) is 3.11. The van der Waals surface area contributed by atoms with Crippen molar-refractivity contribution in [2.24, 2.45) is 5.16 Å². The lowest BCUT2D eigenvalue weighted by molar-refractivity contribution is 0.213. The molecule has 0 aliphatic heterocycles. The van der Waals surface area contributed by atoms with Gasteiger partial charge in [-0.2, -0.15) is 0 Å². The largest absolute Gasteiger partial charge is 0.399 e. The molecule has 0 amide bonds. The van der Waals surface area contributed by atoms with Gasteiger partial charge in [-0.15, -0.1) is 0 Å². The van der Waals surface area contributed by atoms with Crippen LogP contribution in [0.25, 0.3) is 0 Å². The van der Waals surface area contributed by atoms with Gasteiger partial charge in [-0.05, 0) is 5.56 Å². The van der Waals surface area contributed by atoms with Crippen LogP contribution >= 0.6 is 0 Å². The van der Waals surface area contributed by atoms with Crippen molar-refractivity contribution in [1.29, 1.82) is 0 Å².